The summed E-state index contributed by atoms with van der Waals surface area (Å²) in [7, 11) is 1.80. The molecular weight excluding hydrogens is 344 g/mol. The number of likely N-dealkylation sites (tertiary alicyclic amines) is 2. The van der Waals surface area contributed by atoms with Crippen molar-refractivity contribution in [3.63, 3.8) is 0 Å². The van der Waals surface area contributed by atoms with Crippen molar-refractivity contribution in [2.75, 3.05) is 46.4 Å². The molecule has 1 aromatic carbocycles. The van der Waals surface area contributed by atoms with Crippen molar-refractivity contribution in [1.82, 2.24) is 9.80 Å². The molecule has 1 atom stereocenters. The number of hydrogen-bond donors (Lipinski definition) is 0. The quantitative estimate of drug-likeness (QED) is 0.592. The van der Waals surface area contributed by atoms with Gasteiger partial charge in [0.2, 0.25) is 0 Å². The smallest absolute Gasteiger partial charge is 0.122 e. The molecule has 1 saturated carbocycles. The lowest BCUT2D eigenvalue weighted by atomic mass is 9.77. The third-order valence-corrected chi connectivity index (χ3v) is 7.86. The zero-order chi connectivity index (χ0) is 19.2. The number of para-hydroxylation sites is 1. The first-order valence-corrected chi connectivity index (χ1v) is 11.9. The second-order valence-corrected chi connectivity index (χ2v) is 9.64. The van der Waals surface area contributed by atoms with E-state index >= 15 is 0 Å². The maximum atomic E-state index is 5.61. The van der Waals surface area contributed by atoms with Gasteiger partial charge in [0.15, 0.2) is 0 Å². The minimum absolute atomic E-state index is 0.634. The highest BCUT2D eigenvalue weighted by molar-refractivity contribution is 5.36. The van der Waals surface area contributed by atoms with Crippen molar-refractivity contribution >= 4 is 0 Å². The molecule has 4 rings (SSSR count). The van der Waals surface area contributed by atoms with Gasteiger partial charge in [-0.2, -0.15) is 0 Å². The van der Waals surface area contributed by atoms with Crippen LogP contribution in [0.3, 0.4) is 0 Å². The summed E-state index contributed by atoms with van der Waals surface area (Å²) in [6, 6.07) is 8.62. The first kappa shape index (κ1) is 20.2. The van der Waals surface area contributed by atoms with E-state index in [1.807, 2.05) is 0 Å². The predicted molar refractivity (Wildman–Crippen MR) is 117 cm³/mol. The number of unbranched alkanes of at least 4 members (excludes halogenated alkanes) is 1. The van der Waals surface area contributed by atoms with Crippen molar-refractivity contribution in [3.05, 3.63) is 29.8 Å². The fraction of sp³-hybridized carbons (Fsp3) is 0.760. The first-order chi connectivity index (χ1) is 13.8. The molecule has 3 aliphatic rings. The molecule has 3 nitrogen and oxygen atoms in total. The van der Waals surface area contributed by atoms with E-state index in [4.69, 9.17) is 4.74 Å². The summed E-state index contributed by atoms with van der Waals surface area (Å²) in [5.74, 6) is 1.70. The lowest BCUT2D eigenvalue weighted by molar-refractivity contribution is 0.106. The highest BCUT2D eigenvalue weighted by atomic mass is 16.5. The molecule has 1 spiro atoms. The maximum Gasteiger partial charge on any atom is 0.122 e. The molecule has 2 heterocycles. The minimum atomic E-state index is 0.634. The molecule has 0 amide bonds. The van der Waals surface area contributed by atoms with Crippen LogP contribution in [0.4, 0.5) is 0 Å². The summed E-state index contributed by atoms with van der Waals surface area (Å²) >= 11 is 0. The molecule has 3 heteroatoms. The monoisotopic (exact) mass is 384 g/mol. The Morgan fingerprint density at radius 3 is 2.36 bits per heavy atom. The first-order valence-electron chi connectivity index (χ1n) is 11.9. The maximum absolute atomic E-state index is 5.61. The van der Waals surface area contributed by atoms with E-state index in [-0.39, 0.29) is 0 Å². The van der Waals surface area contributed by atoms with Gasteiger partial charge >= 0.3 is 0 Å². The Hall–Kier alpha value is -1.06. The Bertz CT molecular complexity index is 600. The molecule has 0 radical (unpaired) electrons. The lowest BCUT2D eigenvalue weighted by Crippen LogP contribution is -2.39. The van der Waals surface area contributed by atoms with E-state index in [2.05, 4.69) is 34.1 Å². The Balaban J connectivity index is 1.16. The molecule has 2 aliphatic heterocycles. The number of nitrogens with zero attached hydrogens (tertiary/aromatic N) is 2. The molecule has 156 valence electrons. The molecule has 0 N–H and O–H groups in total. The average Bonchev–Trinajstić information content (AvgIpc) is 3.21. The Morgan fingerprint density at radius 1 is 0.893 bits per heavy atom. The standard InChI is InChI=1S/C25H40N2O/c1-28-24-11-3-2-10-23(24)22-9-8-18-27(21-22)17-7-6-16-26-19-14-25(15-20-26)12-4-5-13-25/h2-3,10-11,22H,4-9,12-21H2,1H3. The topological polar surface area (TPSA) is 15.7 Å². The van der Waals surface area contributed by atoms with E-state index in [1.54, 1.807) is 7.11 Å². The van der Waals surface area contributed by atoms with Gasteiger partial charge in [0, 0.05) is 12.5 Å². The van der Waals surface area contributed by atoms with E-state index in [0.717, 1.165) is 11.2 Å². The van der Waals surface area contributed by atoms with Crippen LogP contribution in [-0.2, 0) is 0 Å². The number of ether oxygens (including phenoxy) is 1. The van der Waals surface area contributed by atoms with Gasteiger partial charge in [-0.3, -0.25) is 0 Å². The Kier molecular flexibility index (Phi) is 6.95. The van der Waals surface area contributed by atoms with Gasteiger partial charge in [0.1, 0.15) is 5.75 Å². The van der Waals surface area contributed by atoms with Gasteiger partial charge in [-0.05, 0) is 101 Å². The second kappa shape index (κ2) is 9.63. The molecule has 28 heavy (non-hydrogen) atoms. The van der Waals surface area contributed by atoms with E-state index < -0.39 is 0 Å². The number of piperidine rings is 2. The zero-order valence-electron chi connectivity index (χ0n) is 18.0. The van der Waals surface area contributed by atoms with Crippen LogP contribution in [0.5, 0.6) is 5.75 Å². The van der Waals surface area contributed by atoms with E-state index in [0.29, 0.717) is 5.92 Å². The van der Waals surface area contributed by atoms with Crippen LogP contribution in [0.1, 0.15) is 75.7 Å². The van der Waals surface area contributed by atoms with Crippen molar-refractivity contribution < 1.29 is 4.74 Å². The molecule has 1 aromatic rings. The Morgan fingerprint density at radius 2 is 1.61 bits per heavy atom. The molecule has 1 aliphatic carbocycles. The normalized spacial score (nSPS) is 26.0. The van der Waals surface area contributed by atoms with Crippen molar-refractivity contribution in [3.8, 4) is 5.75 Å². The largest absolute Gasteiger partial charge is 0.496 e. The van der Waals surface area contributed by atoms with Crippen LogP contribution >= 0.6 is 0 Å². The van der Waals surface area contributed by atoms with Crippen LogP contribution in [0.2, 0.25) is 0 Å². The fourth-order valence-electron chi connectivity index (χ4n) is 6.06. The highest BCUT2D eigenvalue weighted by Gasteiger charge is 2.36. The third-order valence-electron chi connectivity index (χ3n) is 7.86. The number of methoxy groups -OCH3 is 1. The van der Waals surface area contributed by atoms with Gasteiger partial charge in [-0.25, -0.2) is 0 Å². The van der Waals surface area contributed by atoms with E-state index in [9.17, 15) is 0 Å². The van der Waals surface area contributed by atoms with Crippen LogP contribution < -0.4 is 4.74 Å². The van der Waals surface area contributed by atoms with Gasteiger partial charge < -0.3 is 14.5 Å². The average molecular weight is 385 g/mol. The molecule has 0 bridgehead atoms. The zero-order valence-corrected chi connectivity index (χ0v) is 18.0. The molecule has 1 unspecified atom stereocenters. The van der Waals surface area contributed by atoms with Crippen LogP contribution in [0.15, 0.2) is 24.3 Å². The summed E-state index contributed by atoms with van der Waals surface area (Å²) in [6.45, 7) is 7.78. The second-order valence-electron chi connectivity index (χ2n) is 9.64. The highest BCUT2D eigenvalue weighted by Crippen LogP contribution is 2.46. The molecule has 3 fully saturated rings. The van der Waals surface area contributed by atoms with Crippen molar-refractivity contribution in [2.45, 2.75) is 70.1 Å². The molecule has 0 aromatic heterocycles. The molecular formula is C25H40N2O. The van der Waals surface area contributed by atoms with Crippen LogP contribution in [-0.4, -0.2) is 56.2 Å². The van der Waals surface area contributed by atoms with Crippen molar-refractivity contribution in [1.29, 1.82) is 0 Å². The van der Waals surface area contributed by atoms with E-state index in [1.165, 1.54) is 109 Å². The summed E-state index contributed by atoms with van der Waals surface area (Å²) in [6.07, 6.45) is 14.3. The molecule has 2 saturated heterocycles. The van der Waals surface area contributed by atoms with Crippen LogP contribution in [0, 0.1) is 5.41 Å². The lowest BCUT2D eigenvalue weighted by Gasteiger charge is -2.39. The van der Waals surface area contributed by atoms with Gasteiger partial charge in [0.25, 0.3) is 0 Å². The Labute approximate surface area is 172 Å². The van der Waals surface area contributed by atoms with Crippen LogP contribution in [0.25, 0.3) is 0 Å². The fourth-order valence-corrected chi connectivity index (χ4v) is 6.06. The third kappa shape index (κ3) is 4.91. The van der Waals surface area contributed by atoms with Gasteiger partial charge in [-0.15, -0.1) is 0 Å². The van der Waals surface area contributed by atoms with Gasteiger partial charge in [0.05, 0.1) is 7.11 Å². The summed E-state index contributed by atoms with van der Waals surface area (Å²) < 4.78 is 5.61. The number of rotatable bonds is 7. The summed E-state index contributed by atoms with van der Waals surface area (Å²) in [4.78, 5) is 5.45. The van der Waals surface area contributed by atoms with Crippen molar-refractivity contribution in [2.24, 2.45) is 5.41 Å². The SMILES string of the molecule is COc1ccccc1C1CCCN(CCCCN2CCC3(CCCC3)CC2)C1. The summed E-state index contributed by atoms with van der Waals surface area (Å²) in [5.41, 5.74) is 2.17. The number of hydrogen-bond acceptors (Lipinski definition) is 3. The minimum Gasteiger partial charge on any atom is -0.496 e. The van der Waals surface area contributed by atoms with Gasteiger partial charge in [-0.1, -0.05) is 31.0 Å². The predicted octanol–water partition coefficient (Wildman–Crippen LogP) is 5.31. The summed E-state index contributed by atoms with van der Waals surface area (Å²) in [5, 5.41) is 0. The number of benzene rings is 1.